The van der Waals surface area contributed by atoms with Crippen molar-refractivity contribution in [2.45, 2.75) is 6.10 Å². The predicted octanol–water partition coefficient (Wildman–Crippen LogP) is 7.89. The number of hydrogen-bond donors (Lipinski definition) is 0. The standard InChI is InChI=1S/C30H17Cl4NO6/c1-40-25-14-24(35-28(37)18-11-21(32)22(33)12-19(18)29(35)38)23(34)13-20(25)30(39)41-27(16-7-9-17(31)10-8-16)26(36)15-5-3-2-4-6-15/h2-14,27H,1H3/t27-/m1/s1. The maximum absolute atomic E-state index is 13.5. The summed E-state index contributed by atoms with van der Waals surface area (Å²) >= 11 is 24.6. The van der Waals surface area contributed by atoms with Crippen LogP contribution in [0.5, 0.6) is 5.75 Å². The molecule has 1 heterocycles. The zero-order valence-corrected chi connectivity index (χ0v) is 24.0. The lowest BCUT2D eigenvalue weighted by molar-refractivity contribution is 0.0277. The number of anilines is 1. The molecule has 0 aromatic heterocycles. The summed E-state index contributed by atoms with van der Waals surface area (Å²) in [4.78, 5) is 54.0. The second-order valence-corrected chi connectivity index (χ2v) is 10.5. The number of Topliss-reactive ketones (excluding diaryl/α,β-unsaturated/α-hetero) is 1. The van der Waals surface area contributed by atoms with Crippen LogP contribution in [0.25, 0.3) is 0 Å². The summed E-state index contributed by atoms with van der Waals surface area (Å²) in [6.07, 6.45) is -1.32. The number of fused-ring (bicyclic) bond motifs is 1. The van der Waals surface area contributed by atoms with Crippen molar-refractivity contribution in [1.82, 2.24) is 0 Å². The lowest BCUT2D eigenvalue weighted by atomic mass is 9.99. The topological polar surface area (TPSA) is 90.0 Å². The molecule has 0 radical (unpaired) electrons. The van der Waals surface area contributed by atoms with E-state index in [9.17, 15) is 19.2 Å². The Morgan fingerprint density at radius 3 is 1.90 bits per heavy atom. The fourth-order valence-electron chi connectivity index (χ4n) is 4.33. The molecular weight excluding hydrogens is 612 g/mol. The van der Waals surface area contributed by atoms with Gasteiger partial charge in [0.2, 0.25) is 5.78 Å². The van der Waals surface area contributed by atoms with Gasteiger partial charge in [0.1, 0.15) is 11.3 Å². The third-order valence-electron chi connectivity index (χ3n) is 6.35. The van der Waals surface area contributed by atoms with E-state index in [2.05, 4.69) is 0 Å². The van der Waals surface area contributed by atoms with E-state index < -0.39 is 29.7 Å². The maximum atomic E-state index is 13.5. The predicted molar refractivity (Wildman–Crippen MR) is 156 cm³/mol. The van der Waals surface area contributed by atoms with E-state index in [4.69, 9.17) is 55.9 Å². The van der Waals surface area contributed by atoms with Crippen molar-refractivity contribution in [2.24, 2.45) is 0 Å². The first-order chi connectivity index (χ1) is 19.6. The van der Waals surface area contributed by atoms with Crippen LogP contribution in [0.3, 0.4) is 0 Å². The van der Waals surface area contributed by atoms with Crippen molar-refractivity contribution in [1.29, 1.82) is 0 Å². The molecular formula is C30H17Cl4NO6. The summed E-state index contributed by atoms with van der Waals surface area (Å²) in [7, 11) is 1.29. The van der Waals surface area contributed by atoms with Gasteiger partial charge in [-0.05, 0) is 30.3 Å². The van der Waals surface area contributed by atoms with Gasteiger partial charge in [0, 0.05) is 22.2 Å². The molecule has 0 unspecified atom stereocenters. The molecule has 41 heavy (non-hydrogen) atoms. The number of nitrogens with zero attached hydrogens (tertiary/aromatic N) is 1. The SMILES string of the molecule is COc1cc(N2C(=O)c3cc(Cl)c(Cl)cc3C2=O)c(Cl)cc1C(=O)O[C@@H](C(=O)c1ccccc1)c1ccc(Cl)cc1. The number of amides is 2. The van der Waals surface area contributed by atoms with Gasteiger partial charge in [0.15, 0.2) is 6.10 Å². The largest absolute Gasteiger partial charge is 0.496 e. The molecule has 1 aliphatic rings. The molecule has 0 saturated heterocycles. The van der Waals surface area contributed by atoms with Gasteiger partial charge in [0.25, 0.3) is 11.8 Å². The Morgan fingerprint density at radius 2 is 1.34 bits per heavy atom. The Kier molecular flexibility index (Phi) is 8.07. The number of esters is 1. The molecule has 0 N–H and O–H groups in total. The monoisotopic (exact) mass is 627 g/mol. The molecule has 4 aromatic rings. The van der Waals surface area contributed by atoms with Crippen LogP contribution >= 0.6 is 46.4 Å². The number of halogens is 4. The van der Waals surface area contributed by atoms with Crippen molar-refractivity contribution in [2.75, 3.05) is 12.0 Å². The van der Waals surface area contributed by atoms with Crippen LogP contribution in [0, 0.1) is 0 Å². The molecule has 1 aliphatic heterocycles. The number of benzene rings is 4. The Balaban J connectivity index is 1.50. The Morgan fingerprint density at radius 1 is 0.756 bits per heavy atom. The molecule has 11 heteroatoms. The molecule has 7 nitrogen and oxygen atoms in total. The highest BCUT2D eigenvalue weighted by molar-refractivity contribution is 6.45. The maximum Gasteiger partial charge on any atom is 0.343 e. The van der Waals surface area contributed by atoms with E-state index in [0.717, 1.165) is 4.90 Å². The molecule has 0 saturated carbocycles. The molecule has 0 bridgehead atoms. The third kappa shape index (κ3) is 5.42. The molecule has 206 valence electrons. The lowest BCUT2D eigenvalue weighted by Crippen LogP contribution is -2.30. The number of imide groups is 1. The minimum absolute atomic E-state index is 0.0341. The van der Waals surface area contributed by atoms with Crippen molar-refractivity contribution in [3.63, 3.8) is 0 Å². The molecule has 0 fully saturated rings. The van der Waals surface area contributed by atoms with Crippen molar-refractivity contribution >= 4 is 75.7 Å². The van der Waals surface area contributed by atoms with Crippen molar-refractivity contribution < 1.29 is 28.7 Å². The number of hydrogen-bond acceptors (Lipinski definition) is 6. The van der Waals surface area contributed by atoms with Gasteiger partial charge in [-0.1, -0.05) is 88.9 Å². The smallest absolute Gasteiger partial charge is 0.343 e. The van der Waals surface area contributed by atoms with Gasteiger partial charge in [-0.3, -0.25) is 14.4 Å². The van der Waals surface area contributed by atoms with Crippen molar-refractivity contribution in [3.05, 3.63) is 127 Å². The zero-order valence-electron chi connectivity index (χ0n) is 21.0. The molecule has 2 amide bonds. The second kappa shape index (κ2) is 11.5. The van der Waals surface area contributed by atoms with Gasteiger partial charge in [-0.15, -0.1) is 0 Å². The minimum Gasteiger partial charge on any atom is -0.496 e. The van der Waals surface area contributed by atoms with Crippen LogP contribution in [-0.2, 0) is 4.74 Å². The number of rotatable bonds is 7. The fourth-order valence-corrected chi connectivity index (χ4v) is 5.03. The summed E-state index contributed by atoms with van der Waals surface area (Å²) in [5.74, 6) is -2.81. The minimum atomic E-state index is -1.32. The van der Waals surface area contributed by atoms with Crippen LogP contribution in [0.15, 0.2) is 78.9 Å². The Bertz CT molecular complexity index is 1680. The lowest BCUT2D eigenvalue weighted by Gasteiger charge is -2.20. The molecule has 5 rings (SSSR count). The van der Waals surface area contributed by atoms with Crippen LogP contribution in [0.1, 0.15) is 53.1 Å². The quantitative estimate of drug-likeness (QED) is 0.117. The van der Waals surface area contributed by atoms with Crippen LogP contribution < -0.4 is 9.64 Å². The molecule has 1 atom stereocenters. The van der Waals surface area contributed by atoms with Crippen LogP contribution in [-0.4, -0.2) is 30.7 Å². The van der Waals surface area contributed by atoms with E-state index in [1.54, 1.807) is 54.6 Å². The van der Waals surface area contributed by atoms with Gasteiger partial charge in [-0.25, -0.2) is 9.69 Å². The average molecular weight is 629 g/mol. The summed E-state index contributed by atoms with van der Waals surface area (Å²) in [5.41, 5.74) is 0.645. The van der Waals surface area contributed by atoms with E-state index in [1.165, 1.54) is 31.4 Å². The van der Waals surface area contributed by atoms with E-state index in [0.29, 0.717) is 16.1 Å². The highest BCUT2D eigenvalue weighted by atomic mass is 35.5. The van der Waals surface area contributed by atoms with Crippen molar-refractivity contribution in [3.8, 4) is 5.75 Å². The van der Waals surface area contributed by atoms with Gasteiger partial charge >= 0.3 is 5.97 Å². The average Bonchev–Trinajstić information content (AvgIpc) is 3.20. The first-order valence-electron chi connectivity index (χ1n) is 11.9. The van der Waals surface area contributed by atoms with E-state index in [1.807, 2.05) is 0 Å². The fraction of sp³-hybridized carbons (Fsp3) is 0.0667. The van der Waals surface area contributed by atoms with Gasteiger partial charge < -0.3 is 9.47 Å². The molecule has 0 spiro atoms. The van der Waals surface area contributed by atoms with E-state index >= 15 is 0 Å². The third-order valence-corrected chi connectivity index (χ3v) is 7.63. The van der Waals surface area contributed by atoms with E-state index in [-0.39, 0.29) is 43.2 Å². The second-order valence-electron chi connectivity index (χ2n) is 8.83. The Labute approximate surface area is 254 Å². The number of methoxy groups -OCH3 is 1. The summed E-state index contributed by atoms with van der Waals surface area (Å²) in [6, 6.07) is 19.7. The van der Waals surface area contributed by atoms with Gasteiger partial charge in [-0.2, -0.15) is 0 Å². The number of ketones is 1. The number of ether oxygens (including phenoxy) is 2. The summed E-state index contributed by atoms with van der Waals surface area (Å²) in [6.45, 7) is 0. The number of carbonyl (C=O) groups excluding carboxylic acids is 4. The van der Waals surface area contributed by atoms with Crippen LogP contribution in [0.4, 0.5) is 5.69 Å². The Hall–Kier alpha value is -3.88. The van der Waals surface area contributed by atoms with Crippen LogP contribution in [0.2, 0.25) is 20.1 Å². The number of carbonyl (C=O) groups is 4. The van der Waals surface area contributed by atoms with Gasteiger partial charge in [0.05, 0.1) is 39.0 Å². The molecule has 0 aliphatic carbocycles. The summed E-state index contributed by atoms with van der Waals surface area (Å²) < 4.78 is 11.1. The zero-order chi connectivity index (χ0) is 29.4. The normalized spacial score (nSPS) is 13.1. The molecule has 4 aromatic carbocycles. The summed E-state index contributed by atoms with van der Waals surface area (Å²) in [5, 5.41) is 0.528. The highest BCUT2D eigenvalue weighted by Crippen LogP contribution is 2.40. The highest BCUT2D eigenvalue weighted by Gasteiger charge is 2.39. The first-order valence-corrected chi connectivity index (χ1v) is 13.4. The first kappa shape index (κ1) is 28.6.